The first kappa shape index (κ1) is 12.3. The number of carbonyl (C=O) groups excluding carboxylic acids is 1. The van der Waals surface area contributed by atoms with E-state index in [-0.39, 0.29) is 16.4 Å². The summed E-state index contributed by atoms with van der Waals surface area (Å²) in [6.07, 6.45) is 0. The van der Waals surface area contributed by atoms with Gasteiger partial charge in [0.05, 0.1) is 5.56 Å². The molecule has 2 aromatic rings. The van der Waals surface area contributed by atoms with Crippen molar-refractivity contribution in [2.45, 2.75) is 0 Å². The zero-order valence-electron chi connectivity index (χ0n) is 8.58. The maximum absolute atomic E-state index is 13.6. The standard InChI is InChI=1S/C13H7BrClFO/c14-9-3-1-8(2-4-9)13(17)11-6-5-10(15)7-12(11)16/h1-7H. The van der Waals surface area contributed by atoms with E-state index < -0.39 is 5.82 Å². The molecule has 0 unspecified atom stereocenters. The van der Waals surface area contributed by atoms with E-state index in [0.717, 1.165) is 10.5 Å². The van der Waals surface area contributed by atoms with Crippen LogP contribution in [0.3, 0.4) is 0 Å². The lowest BCUT2D eigenvalue weighted by Crippen LogP contribution is -2.03. The zero-order valence-corrected chi connectivity index (χ0v) is 10.9. The van der Waals surface area contributed by atoms with Crippen molar-refractivity contribution in [1.82, 2.24) is 0 Å². The van der Waals surface area contributed by atoms with Crippen molar-refractivity contribution in [3.63, 3.8) is 0 Å². The summed E-state index contributed by atoms with van der Waals surface area (Å²) < 4.78 is 14.4. The van der Waals surface area contributed by atoms with Crippen LogP contribution in [0, 0.1) is 5.82 Å². The van der Waals surface area contributed by atoms with Gasteiger partial charge in [0.15, 0.2) is 5.78 Å². The zero-order chi connectivity index (χ0) is 12.4. The van der Waals surface area contributed by atoms with Crippen molar-refractivity contribution in [3.8, 4) is 0 Å². The summed E-state index contributed by atoms with van der Waals surface area (Å²) >= 11 is 8.90. The molecular weight excluding hydrogens is 306 g/mol. The number of rotatable bonds is 2. The molecule has 0 radical (unpaired) electrons. The van der Waals surface area contributed by atoms with Crippen molar-refractivity contribution in [1.29, 1.82) is 0 Å². The highest BCUT2D eigenvalue weighted by Gasteiger charge is 2.13. The maximum atomic E-state index is 13.6. The molecule has 0 aliphatic rings. The Morgan fingerprint density at radius 1 is 1.12 bits per heavy atom. The van der Waals surface area contributed by atoms with Gasteiger partial charge in [-0.1, -0.05) is 27.5 Å². The van der Waals surface area contributed by atoms with Crippen molar-refractivity contribution in [3.05, 3.63) is 68.9 Å². The van der Waals surface area contributed by atoms with Crippen LogP contribution in [0.1, 0.15) is 15.9 Å². The first-order valence-corrected chi connectivity index (χ1v) is 6.00. The minimum atomic E-state index is -0.606. The summed E-state index contributed by atoms with van der Waals surface area (Å²) in [7, 11) is 0. The Labute approximate surface area is 111 Å². The Balaban J connectivity index is 2.40. The van der Waals surface area contributed by atoms with Crippen LogP contribution in [-0.2, 0) is 0 Å². The molecule has 4 heteroatoms. The Kier molecular flexibility index (Phi) is 3.60. The fraction of sp³-hybridized carbons (Fsp3) is 0. The van der Waals surface area contributed by atoms with Gasteiger partial charge in [0.2, 0.25) is 0 Å². The van der Waals surface area contributed by atoms with Crippen molar-refractivity contribution < 1.29 is 9.18 Å². The van der Waals surface area contributed by atoms with Crippen LogP contribution in [0.25, 0.3) is 0 Å². The lowest BCUT2D eigenvalue weighted by molar-refractivity contribution is 0.103. The van der Waals surface area contributed by atoms with Crippen LogP contribution in [0.15, 0.2) is 46.9 Å². The van der Waals surface area contributed by atoms with Gasteiger partial charge in [-0.05, 0) is 42.5 Å². The molecule has 17 heavy (non-hydrogen) atoms. The number of halogens is 3. The van der Waals surface area contributed by atoms with E-state index in [9.17, 15) is 9.18 Å². The van der Waals surface area contributed by atoms with E-state index in [1.165, 1.54) is 12.1 Å². The second kappa shape index (κ2) is 4.98. The molecule has 0 aromatic heterocycles. The van der Waals surface area contributed by atoms with Gasteiger partial charge in [0.25, 0.3) is 0 Å². The molecule has 0 amide bonds. The van der Waals surface area contributed by atoms with Crippen molar-refractivity contribution in [2.75, 3.05) is 0 Å². The normalized spacial score (nSPS) is 10.3. The molecule has 0 atom stereocenters. The fourth-order valence-electron chi connectivity index (χ4n) is 1.43. The summed E-state index contributed by atoms with van der Waals surface area (Å²) in [5, 5.41) is 0.273. The SMILES string of the molecule is O=C(c1ccc(Br)cc1)c1ccc(Cl)cc1F. The van der Waals surface area contributed by atoms with Gasteiger partial charge in [0.1, 0.15) is 5.82 Å². The molecule has 0 spiro atoms. The molecule has 0 aliphatic carbocycles. The average Bonchev–Trinajstić information content (AvgIpc) is 2.29. The Morgan fingerprint density at radius 3 is 2.35 bits per heavy atom. The van der Waals surface area contributed by atoms with E-state index in [4.69, 9.17) is 11.6 Å². The Bertz CT molecular complexity index is 566. The lowest BCUT2D eigenvalue weighted by Gasteiger charge is -2.03. The van der Waals surface area contributed by atoms with E-state index >= 15 is 0 Å². The van der Waals surface area contributed by atoms with Crippen LogP contribution >= 0.6 is 27.5 Å². The monoisotopic (exact) mass is 312 g/mol. The van der Waals surface area contributed by atoms with Crippen molar-refractivity contribution >= 4 is 33.3 Å². The number of hydrogen-bond acceptors (Lipinski definition) is 1. The molecule has 1 nitrogen and oxygen atoms in total. The average molecular weight is 314 g/mol. The van der Waals surface area contributed by atoms with E-state index in [1.807, 2.05) is 0 Å². The van der Waals surface area contributed by atoms with Crippen LogP contribution in [0.5, 0.6) is 0 Å². The first-order valence-electron chi connectivity index (χ1n) is 4.83. The molecule has 0 bridgehead atoms. The third-order valence-electron chi connectivity index (χ3n) is 2.28. The van der Waals surface area contributed by atoms with Gasteiger partial charge in [-0.2, -0.15) is 0 Å². The summed E-state index contributed by atoms with van der Waals surface area (Å²) in [5.41, 5.74) is 0.464. The van der Waals surface area contributed by atoms with Crippen LogP contribution < -0.4 is 0 Å². The molecule has 0 aliphatic heterocycles. The number of benzene rings is 2. The summed E-state index contributed by atoms with van der Waals surface area (Å²) in [5.74, 6) is -0.961. The number of hydrogen-bond donors (Lipinski definition) is 0. The first-order chi connectivity index (χ1) is 8.08. The van der Waals surface area contributed by atoms with E-state index in [2.05, 4.69) is 15.9 Å². The van der Waals surface area contributed by atoms with Crippen molar-refractivity contribution in [2.24, 2.45) is 0 Å². The van der Waals surface area contributed by atoms with E-state index in [1.54, 1.807) is 24.3 Å². The molecule has 0 fully saturated rings. The molecule has 0 heterocycles. The highest BCUT2D eigenvalue weighted by Crippen LogP contribution is 2.19. The molecular formula is C13H7BrClFO. The predicted octanol–water partition coefficient (Wildman–Crippen LogP) is 4.47. The van der Waals surface area contributed by atoms with Crippen LogP contribution in [0.2, 0.25) is 5.02 Å². The van der Waals surface area contributed by atoms with Gasteiger partial charge in [0, 0.05) is 15.1 Å². The third kappa shape index (κ3) is 2.73. The van der Waals surface area contributed by atoms with Crippen LogP contribution in [-0.4, -0.2) is 5.78 Å². The molecule has 2 rings (SSSR count). The summed E-state index contributed by atoms with van der Waals surface area (Å²) in [6.45, 7) is 0. The van der Waals surface area contributed by atoms with E-state index in [0.29, 0.717) is 5.56 Å². The highest BCUT2D eigenvalue weighted by molar-refractivity contribution is 9.10. The van der Waals surface area contributed by atoms with Gasteiger partial charge < -0.3 is 0 Å². The maximum Gasteiger partial charge on any atom is 0.195 e. The molecule has 86 valence electrons. The number of carbonyl (C=O) groups is 1. The number of ketones is 1. The summed E-state index contributed by atoms with van der Waals surface area (Å²) in [4.78, 5) is 12.0. The minimum Gasteiger partial charge on any atom is -0.288 e. The molecule has 0 saturated heterocycles. The quantitative estimate of drug-likeness (QED) is 0.748. The smallest absolute Gasteiger partial charge is 0.195 e. The Hall–Kier alpha value is -1.19. The molecule has 0 N–H and O–H groups in total. The Morgan fingerprint density at radius 2 is 1.76 bits per heavy atom. The largest absolute Gasteiger partial charge is 0.288 e. The van der Waals surface area contributed by atoms with Gasteiger partial charge >= 0.3 is 0 Å². The summed E-state index contributed by atoms with van der Waals surface area (Å²) in [6, 6.07) is 10.8. The lowest BCUT2D eigenvalue weighted by atomic mass is 10.0. The minimum absolute atomic E-state index is 0.0247. The van der Waals surface area contributed by atoms with Crippen LogP contribution in [0.4, 0.5) is 4.39 Å². The molecule has 0 saturated carbocycles. The van der Waals surface area contributed by atoms with Gasteiger partial charge in [-0.15, -0.1) is 0 Å². The second-order valence-electron chi connectivity index (χ2n) is 3.46. The fourth-order valence-corrected chi connectivity index (χ4v) is 1.85. The second-order valence-corrected chi connectivity index (χ2v) is 4.81. The van der Waals surface area contributed by atoms with Gasteiger partial charge in [-0.3, -0.25) is 4.79 Å². The highest BCUT2D eigenvalue weighted by atomic mass is 79.9. The predicted molar refractivity (Wildman–Crippen MR) is 69.0 cm³/mol. The molecule has 2 aromatic carbocycles. The van der Waals surface area contributed by atoms with Gasteiger partial charge in [-0.25, -0.2) is 4.39 Å². The third-order valence-corrected chi connectivity index (χ3v) is 3.05. The topological polar surface area (TPSA) is 17.1 Å².